The van der Waals surface area contributed by atoms with Crippen LogP contribution in [0.5, 0.6) is 0 Å². The van der Waals surface area contributed by atoms with Crippen molar-refractivity contribution in [3.63, 3.8) is 0 Å². The second-order valence-corrected chi connectivity index (χ2v) is 5.26. The minimum absolute atomic E-state index is 0.131. The van der Waals surface area contributed by atoms with Gasteiger partial charge in [-0.2, -0.15) is 5.10 Å². The van der Waals surface area contributed by atoms with Gasteiger partial charge in [-0.15, -0.1) is 0 Å². The van der Waals surface area contributed by atoms with Crippen molar-refractivity contribution in [3.05, 3.63) is 18.0 Å². The average molecular weight is 252 g/mol. The van der Waals surface area contributed by atoms with Crippen molar-refractivity contribution in [2.75, 3.05) is 13.6 Å². The molecule has 0 aliphatic heterocycles. The van der Waals surface area contributed by atoms with Crippen LogP contribution >= 0.6 is 0 Å². The summed E-state index contributed by atoms with van der Waals surface area (Å²) in [5.41, 5.74) is 7.44. The first-order chi connectivity index (χ1) is 8.57. The lowest BCUT2D eigenvalue weighted by molar-refractivity contribution is 0.0999. The number of nitrogens with zero attached hydrogens (tertiary/aromatic N) is 3. The van der Waals surface area contributed by atoms with E-state index < -0.39 is 0 Å². The molecule has 0 saturated heterocycles. The molecule has 1 aromatic heterocycles. The highest BCUT2D eigenvalue weighted by atomic mass is 15.2. The molecular weight excluding hydrogens is 224 g/mol. The molecule has 0 fully saturated rings. The maximum atomic E-state index is 6.06. The molecule has 2 N–H and O–H groups in total. The Morgan fingerprint density at radius 2 is 2.17 bits per heavy atom. The molecule has 4 nitrogen and oxygen atoms in total. The third kappa shape index (κ3) is 3.56. The van der Waals surface area contributed by atoms with Crippen LogP contribution in [0.15, 0.2) is 12.4 Å². The molecule has 1 atom stereocenters. The highest BCUT2D eigenvalue weighted by Gasteiger charge is 2.30. The zero-order valence-electron chi connectivity index (χ0n) is 12.3. The van der Waals surface area contributed by atoms with Crippen LogP contribution in [0.2, 0.25) is 0 Å². The van der Waals surface area contributed by atoms with E-state index in [0.717, 1.165) is 19.5 Å². The molecule has 4 heteroatoms. The molecule has 0 aromatic carbocycles. The van der Waals surface area contributed by atoms with E-state index in [1.54, 1.807) is 0 Å². The van der Waals surface area contributed by atoms with Gasteiger partial charge in [0, 0.05) is 37.4 Å². The van der Waals surface area contributed by atoms with Crippen LogP contribution in [0.4, 0.5) is 0 Å². The fourth-order valence-electron chi connectivity index (χ4n) is 2.54. The van der Waals surface area contributed by atoms with Gasteiger partial charge in [0.15, 0.2) is 0 Å². The van der Waals surface area contributed by atoms with Gasteiger partial charge < -0.3 is 5.73 Å². The van der Waals surface area contributed by atoms with E-state index in [4.69, 9.17) is 5.73 Å². The van der Waals surface area contributed by atoms with E-state index in [2.05, 4.69) is 37.1 Å². The fraction of sp³-hybridized carbons (Fsp3) is 0.786. The van der Waals surface area contributed by atoms with E-state index in [1.165, 1.54) is 24.8 Å². The summed E-state index contributed by atoms with van der Waals surface area (Å²) in [6, 6.07) is 0. The summed E-state index contributed by atoms with van der Waals surface area (Å²) >= 11 is 0. The minimum atomic E-state index is 0.131. The molecular formula is C14H28N4. The fourth-order valence-corrected chi connectivity index (χ4v) is 2.54. The molecule has 0 spiro atoms. The summed E-state index contributed by atoms with van der Waals surface area (Å²) in [4.78, 5) is 2.40. The monoisotopic (exact) mass is 252 g/mol. The summed E-state index contributed by atoms with van der Waals surface area (Å²) in [6.07, 6.45) is 8.75. The molecule has 1 aromatic rings. The lowest BCUT2D eigenvalue weighted by atomic mass is 9.88. The molecule has 1 rings (SSSR count). The van der Waals surface area contributed by atoms with Crippen molar-refractivity contribution in [1.82, 2.24) is 14.7 Å². The zero-order chi connectivity index (χ0) is 13.6. The van der Waals surface area contributed by atoms with Gasteiger partial charge in [0.05, 0.1) is 6.20 Å². The van der Waals surface area contributed by atoms with Crippen LogP contribution in [0, 0.1) is 0 Å². The Morgan fingerprint density at radius 1 is 1.44 bits per heavy atom. The minimum Gasteiger partial charge on any atom is -0.329 e. The van der Waals surface area contributed by atoms with Crippen molar-refractivity contribution in [2.24, 2.45) is 12.8 Å². The number of aryl methyl sites for hydroxylation is 1. The summed E-state index contributed by atoms with van der Waals surface area (Å²) in [5.74, 6) is 0. The van der Waals surface area contributed by atoms with E-state index in [9.17, 15) is 0 Å². The summed E-state index contributed by atoms with van der Waals surface area (Å²) in [6.45, 7) is 6.11. The van der Waals surface area contributed by atoms with Crippen molar-refractivity contribution < 1.29 is 0 Å². The molecule has 1 unspecified atom stereocenters. The molecule has 18 heavy (non-hydrogen) atoms. The molecule has 0 saturated carbocycles. The van der Waals surface area contributed by atoms with Crippen LogP contribution in [-0.2, 0) is 13.6 Å². The van der Waals surface area contributed by atoms with Gasteiger partial charge in [0.25, 0.3) is 0 Å². The van der Waals surface area contributed by atoms with Gasteiger partial charge in [0.2, 0.25) is 0 Å². The molecule has 0 amide bonds. The van der Waals surface area contributed by atoms with Crippen molar-refractivity contribution >= 4 is 0 Å². The maximum Gasteiger partial charge on any atom is 0.0534 e. The second-order valence-electron chi connectivity index (χ2n) is 5.26. The zero-order valence-corrected chi connectivity index (χ0v) is 12.3. The van der Waals surface area contributed by atoms with Gasteiger partial charge in [-0.3, -0.25) is 9.58 Å². The number of rotatable bonds is 8. The normalized spacial score (nSPS) is 15.0. The van der Waals surface area contributed by atoms with Crippen LogP contribution in [0.3, 0.4) is 0 Å². The Bertz CT molecular complexity index is 341. The average Bonchev–Trinajstić information content (AvgIpc) is 2.77. The van der Waals surface area contributed by atoms with Gasteiger partial charge in [-0.25, -0.2) is 0 Å². The van der Waals surface area contributed by atoms with Crippen LogP contribution < -0.4 is 5.73 Å². The van der Waals surface area contributed by atoms with Crippen molar-refractivity contribution in [3.8, 4) is 0 Å². The smallest absolute Gasteiger partial charge is 0.0534 e. The molecule has 0 bridgehead atoms. The van der Waals surface area contributed by atoms with Gasteiger partial charge in [-0.1, -0.05) is 26.7 Å². The summed E-state index contributed by atoms with van der Waals surface area (Å²) < 4.78 is 1.85. The van der Waals surface area contributed by atoms with E-state index in [0.29, 0.717) is 0 Å². The molecule has 104 valence electrons. The number of likely N-dealkylation sites (N-methyl/N-ethyl adjacent to an activating group) is 1. The SMILES string of the molecule is CCCCC(CC)(CN)N(C)Cc1cnn(C)c1. The number of nitrogens with two attached hydrogens (primary N) is 1. The van der Waals surface area contributed by atoms with Crippen LogP contribution in [0.1, 0.15) is 45.1 Å². The van der Waals surface area contributed by atoms with Crippen LogP contribution in [-0.4, -0.2) is 33.8 Å². The van der Waals surface area contributed by atoms with Gasteiger partial charge in [-0.05, 0) is 19.9 Å². The third-order valence-corrected chi connectivity index (χ3v) is 4.02. The van der Waals surface area contributed by atoms with Crippen molar-refractivity contribution in [2.45, 2.75) is 51.6 Å². The Morgan fingerprint density at radius 3 is 2.61 bits per heavy atom. The van der Waals surface area contributed by atoms with Crippen LogP contribution in [0.25, 0.3) is 0 Å². The third-order valence-electron chi connectivity index (χ3n) is 4.02. The molecule has 0 aliphatic carbocycles. The summed E-state index contributed by atoms with van der Waals surface area (Å²) in [7, 11) is 4.13. The van der Waals surface area contributed by atoms with Crippen molar-refractivity contribution in [1.29, 1.82) is 0 Å². The first-order valence-corrected chi connectivity index (χ1v) is 6.96. The number of hydrogen-bond acceptors (Lipinski definition) is 3. The highest BCUT2D eigenvalue weighted by molar-refractivity contribution is 5.05. The number of aromatic nitrogens is 2. The van der Waals surface area contributed by atoms with Gasteiger partial charge >= 0.3 is 0 Å². The summed E-state index contributed by atoms with van der Waals surface area (Å²) in [5, 5.41) is 4.22. The largest absolute Gasteiger partial charge is 0.329 e. The maximum absolute atomic E-state index is 6.06. The van der Waals surface area contributed by atoms with E-state index in [1.807, 2.05) is 17.9 Å². The topological polar surface area (TPSA) is 47.1 Å². The highest BCUT2D eigenvalue weighted by Crippen LogP contribution is 2.25. The molecule has 0 aliphatic rings. The van der Waals surface area contributed by atoms with E-state index in [-0.39, 0.29) is 5.54 Å². The predicted octanol–water partition coefficient (Wildman–Crippen LogP) is 2.15. The standard InChI is InChI=1S/C14H28N4/c1-5-7-8-14(6-2,12-15)17(3)10-13-9-16-18(4)11-13/h9,11H,5-8,10,12,15H2,1-4H3. The number of unbranched alkanes of at least 4 members (excludes halogenated alkanes) is 1. The quantitative estimate of drug-likeness (QED) is 0.771. The first-order valence-electron chi connectivity index (χ1n) is 6.96. The number of hydrogen-bond donors (Lipinski definition) is 1. The Labute approximate surface area is 111 Å². The molecule has 0 radical (unpaired) electrons. The van der Waals surface area contributed by atoms with E-state index >= 15 is 0 Å². The Balaban J connectivity index is 2.72. The Kier molecular flexibility index (Phi) is 5.82. The molecule has 1 heterocycles. The predicted molar refractivity (Wildman–Crippen MR) is 76.3 cm³/mol. The first kappa shape index (κ1) is 15.2. The van der Waals surface area contributed by atoms with Gasteiger partial charge in [0.1, 0.15) is 0 Å². The Hall–Kier alpha value is -0.870. The lowest BCUT2D eigenvalue weighted by Gasteiger charge is -2.41. The lowest BCUT2D eigenvalue weighted by Crippen LogP contribution is -2.51. The second kappa shape index (κ2) is 6.90.